The molecule has 0 aliphatic rings. The number of carbonyl (C=O) groups excluding carboxylic acids is 1. The maximum Gasteiger partial charge on any atom is 0.252 e. The lowest BCUT2D eigenvalue weighted by molar-refractivity contribution is 0.0941. The molecule has 0 radical (unpaired) electrons. The van der Waals surface area contributed by atoms with Crippen molar-refractivity contribution in [1.82, 2.24) is 10.3 Å². The number of carbonyl (C=O) groups is 1. The lowest BCUT2D eigenvalue weighted by Crippen LogP contribution is -2.27. The number of aromatic nitrogens is 1. The molecule has 1 heterocycles. The number of fused-ring (bicyclic) bond motifs is 1. The van der Waals surface area contributed by atoms with Crippen LogP contribution in [0.2, 0.25) is 0 Å². The first-order valence-corrected chi connectivity index (χ1v) is 12.3. The van der Waals surface area contributed by atoms with Crippen LogP contribution in [0.1, 0.15) is 60.6 Å². The highest BCUT2D eigenvalue weighted by Gasteiger charge is 2.18. The highest BCUT2D eigenvalue weighted by Crippen LogP contribution is 2.29. The van der Waals surface area contributed by atoms with E-state index in [-0.39, 0.29) is 11.9 Å². The van der Waals surface area contributed by atoms with Crippen LogP contribution in [0, 0.1) is 0 Å². The first-order chi connectivity index (χ1) is 16.4. The Labute approximate surface area is 209 Å². The SMILES string of the molecule is CC[C@H](C)c1ccc([C@@H](C)NC(=O)c2cc(-c3cccc(OC)c3)nc3ccc(Br)cc23)cc1. The van der Waals surface area contributed by atoms with Gasteiger partial charge < -0.3 is 10.1 Å². The summed E-state index contributed by atoms with van der Waals surface area (Å²) in [6, 6.07) is 23.8. The third-order valence-corrected chi connectivity index (χ3v) is 6.84. The molecule has 1 N–H and O–H groups in total. The molecule has 0 fully saturated rings. The molecule has 0 saturated heterocycles. The largest absolute Gasteiger partial charge is 0.497 e. The molecule has 1 aromatic heterocycles. The van der Waals surface area contributed by atoms with E-state index < -0.39 is 0 Å². The second-order valence-corrected chi connectivity index (χ2v) is 9.54. The topological polar surface area (TPSA) is 51.2 Å². The molecule has 2 atom stereocenters. The minimum Gasteiger partial charge on any atom is -0.497 e. The summed E-state index contributed by atoms with van der Waals surface area (Å²) in [7, 11) is 1.64. The molecule has 0 aliphatic heterocycles. The van der Waals surface area contributed by atoms with Gasteiger partial charge in [0, 0.05) is 15.4 Å². The van der Waals surface area contributed by atoms with Crippen LogP contribution in [0.25, 0.3) is 22.2 Å². The van der Waals surface area contributed by atoms with Gasteiger partial charge in [0.15, 0.2) is 0 Å². The zero-order chi connectivity index (χ0) is 24.2. The Morgan fingerprint density at radius 3 is 2.44 bits per heavy atom. The average molecular weight is 517 g/mol. The molecule has 5 heteroatoms. The predicted molar refractivity (Wildman–Crippen MR) is 142 cm³/mol. The van der Waals surface area contributed by atoms with E-state index in [9.17, 15) is 4.79 Å². The average Bonchev–Trinajstić information content (AvgIpc) is 2.87. The molecule has 174 valence electrons. The summed E-state index contributed by atoms with van der Waals surface area (Å²) in [5.74, 6) is 1.14. The molecule has 4 rings (SSSR count). The molecule has 34 heavy (non-hydrogen) atoms. The monoisotopic (exact) mass is 516 g/mol. The molecule has 0 spiro atoms. The van der Waals surface area contributed by atoms with Crippen molar-refractivity contribution < 1.29 is 9.53 Å². The molecule has 0 unspecified atom stereocenters. The first-order valence-electron chi connectivity index (χ1n) is 11.5. The van der Waals surface area contributed by atoms with E-state index in [0.29, 0.717) is 11.5 Å². The molecule has 0 bridgehead atoms. The van der Waals surface area contributed by atoms with Gasteiger partial charge >= 0.3 is 0 Å². The van der Waals surface area contributed by atoms with Gasteiger partial charge in [-0.3, -0.25) is 4.79 Å². The summed E-state index contributed by atoms with van der Waals surface area (Å²) in [6.45, 7) is 6.43. The molecule has 3 aromatic carbocycles. The quantitative estimate of drug-likeness (QED) is 0.274. The number of nitrogens with one attached hydrogen (secondary N) is 1. The van der Waals surface area contributed by atoms with Crippen molar-refractivity contribution in [3.63, 3.8) is 0 Å². The van der Waals surface area contributed by atoms with Crippen molar-refractivity contribution in [2.24, 2.45) is 0 Å². The minimum atomic E-state index is -0.131. The van der Waals surface area contributed by atoms with Gasteiger partial charge in [0.2, 0.25) is 0 Å². The molecule has 1 amide bonds. The van der Waals surface area contributed by atoms with Gasteiger partial charge in [0.1, 0.15) is 5.75 Å². The fourth-order valence-electron chi connectivity index (χ4n) is 4.02. The summed E-state index contributed by atoms with van der Waals surface area (Å²) in [6.07, 6.45) is 1.10. The Kier molecular flexibility index (Phi) is 7.32. The summed E-state index contributed by atoms with van der Waals surface area (Å²) < 4.78 is 6.28. The Morgan fingerprint density at radius 1 is 1.00 bits per heavy atom. The van der Waals surface area contributed by atoms with Gasteiger partial charge in [-0.05, 0) is 66.8 Å². The lowest BCUT2D eigenvalue weighted by atomic mass is 9.96. The van der Waals surface area contributed by atoms with Gasteiger partial charge in [-0.25, -0.2) is 4.98 Å². The van der Waals surface area contributed by atoms with Crippen LogP contribution < -0.4 is 10.1 Å². The Bertz CT molecular complexity index is 1320. The van der Waals surface area contributed by atoms with Crippen LogP contribution in [0.15, 0.2) is 77.3 Å². The zero-order valence-corrected chi connectivity index (χ0v) is 21.5. The van der Waals surface area contributed by atoms with E-state index in [1.54, 1.807) is 7.11 Å². The van der Waals surface area contributed by atoms with Crippen LogP contribution in [0.3, 0.4) is 0 Å². The summed E-state index contributed by atoms with van der Waals surface area (Å²) in [5, 5.41) is 3.98. The van der Waals surface area contributed by atoms with Gasteiger partial charge in [0.05, 0.1) is 29.9 Å². The summed E-state index contributed by atoms with van der Waals surface area (Å²) in [5.41, 5.74) is 5.37. The fraction of sp³-hybridized carbons (Fsp3) is 0.241. The smallest absolute Gasteiger partial charge is 0.252 e. The van der Waals surface area contributed by atoms with Gasteiger partial charge in [-0.2, -0.15) is 0 Å². The van der Waals surface area contributed by atoms with E-state index in [2.05, 4.69) is 59.4 Å². The Morgan fingerprint density at radius 2 is 1.74 bits per heavy atom. The third-order valence-electron chi connectivity index (χ3n) is 6.35. The highest BCUT2D eigenvalue weighted by atomic mass is 79.9. The number of nitrogens with zero attached hydrogens (tertiary/aromatic N) is 1. The van der Waals surface area contributed by atoms with Crippen LogP contribution in [-0.2, 0) is 0 Å². The molecule has 4 nitrogen and oxygen atoms in total. The lowest BCUT2D eigenvalue weighted by Gasteiger charge is -2.17. The first kappa shape index (κ1) is 24.0. The number of hydrogen-bond donors (Lipinski definition) is 1. The Balaban J connectivity index is 1.69. The van der Waals surface area contributed by atoms with E-state index in [1.165, 1.54) is 5.56 Å². The van der Waals surface area contributed by atoms with Crippen molar-refractivity contribution in [2.75, 3.05) is 7.11 Å². The van der Waals surface area contributed by atoms with Crippen LogP contribution in [0.5, 0.6) is 5.75 Å². The van der Waals surface area contributed by atoms with Crippen molar-refractivity contribution in [1.29, 1.82) is 0 Å². The number of hydrogen-bond acceptors (Lipinski definition) is 3. The minimum absolute atomic E-state index is 0.130. The number of methoxy groups -OCH3 is 1. The molecule has 4 aromatic rings. The Hall–Kier alpha value is -3.18. The van der Waals surface area contributed by atoms with Crippen molar-refractivity contribution in [3.8, 4) is 17.0 Å². The summed E-state index contributed by atoms with van der Waals surface area (Å²) >= 11 is 3.53. The molecular formula is C29H29BrN2O2. The third kappa shape index (κ3) is 5.15. The second kappa shape index (κ2) is 10.4. The van der Waals surface area contributed by atoms with Crippen LogP contribution in [0.4, 0.5) is 0 Å². The highest BCUT2D eigenvalue weighted by molar-refractivity contribution is 9.10. The number of amides is 1. The fourth-order valence-corrected chi connectivity index (χ4v) is 4.38. The van der Waals surface area contributed by atoms with Crippen LogP contribution >= 0.6 is 15.9 Å². The molecule has 0 saturated carbocycles. The van der Waals surface area contributed by atoms with Gasteiger partial charge in [-0.15, -0.1) is 0 Å². The van der Waals surface area contributed by atoms with Crippen molar-refractivity contribution in [3.05, 3.63) is 94.0 Å². The standard InChI is InChI=1S/C29H29BrN2O2/c1-5-18(2)20-9-11-21(12-10-20)19(3)31-29(33)26-17-28(22-7-6-8-24(15-22)34-4)32-27-14-13-23(30)16-25(26)27/h6-19H,5H2,1-4H3,(H,31,33)/t18-,19+/m0/s1. The van der Waals surface area contributed by atoms with E-state index in [0.717, 1.165) is 44.4 Å². The van der Waals surface area contributed by atoms with Crippen molar-refractivity contribution >= 4 is 32.7 Å². The van der Waals surface area contributed by atoms with E-state index >= 15 is 0 Å². The molecular weight excluding hydrogens is 488 g/mol. The maximum atomic E-state index is 13.5. The summed E-state index contributed by atoms with van der Waals surface area (Å²) in [4.78, 5) is 18.3. The van der Waals surface area contributed by atoms with E-state index in [1.807, 2.05) is 55.5 Å². The number of pyridine rings is 1. The number of benzene rings is 3. The maximum absolute atomic E-state index is 13.5. The van der Waals surface area contributed by atoms with E-state index in [4.69, 9.17) is 9.72 Å². The van der Waals surface area contributed by atoms with Crippen molar-refractivity contribution in [2.45, 2.75) is 39.2 Å². The normalized spacial score (nSPS) is 12.9. The van der Waals surface area contributed by atoms with Gasteiger partial charge in [0.25, 0.3) is 5.91 Å². The zero-order valence-electron chi connectivity index (χ0n) is 19.9. The van der Waals surface area contributed by atoms with Crippen LogP contribution in [-0.4, -0.2) is 18.0 Å². The number of rotatable bonds is 7. The number of ether oxygens (including phenoxy) is 1. The second-order valence-electron chi connectivity index (χ2n) is 8.62. The van der Waals surface area contributed by atoms with Gasteiger partial charge in [-0.1, -0.05) is 66.2 Å². The number of halogens is 1. The molecule has 0 aliphatic carbocycles. The predicted octanol–water partition coefficient (Wildman–Crippen LogP) is 7.68.